The molecule has 2 aromatic heterocycles. The maximum atomic E-state index is 5.70. The van der Waals surface area contributed by atoms with E-state index < -0.39 is 0 Å². The fourth-order valence-corrected chi connectivity index (χ4v) is 3.33. The smallest absolute Gasteiger partial charge is 0.199 e. The highest BCUT2D eigenvalue weighted by Crippen LogP contribution is 2.18. The van der Waals surface area contributed by atoms with Gasteiger partial charge in [-0.15, -0.1) is 13.2 Å². The third-order valence-electron chi connectivity index (χ3n) is 4.44. The van der Waals surface area contributed by atoms with Crippen LogP contribution >= 0.6 is 12.2 Å². The van der Waals surface area contributed by atoms with Crippen molar-refractivity contribution in [3.8, 4) is 17.1 Å². The van der Waals surface area contributed by atoms with E-state index in [0.29, 0.717) is 24.5 Å². The average Bonchev–Trinajstić information content (AvgIpc) is 3.05. The van der Waals surface area contributed by atoms with Crippen molar-refractivity contribution >= 4 is 12.2 Å². The zero-order valence-electron chi connectivity index (χ0n) is 16.6. The van der Waals surface area contributed by atoms with Gasteiger partial charge >= 0.3 is 0 Å². The molecule has 3 rings (SSSR count). The molecule has 0 spiro atoms. The lowest BCUT2D eigenvalue weighted by molar-refractivity contribution is 0.218. The maximum Gasteiger partial charge on any atom is 0.199 e. The fraction of sp³-hybridized carbons (Fsp3) is 0.227. The largest absolute Gasteiger partial charge is 0.497 e. The number of ether oxygens (including phenoxy) is 1. The van der Waals surface area contributed by atoms with Crippen molar-refractivity contribution in [3.63, 3.8) is 0 Å². The van der Waals surface area contributed by atoms with Gasteiger partial charge in [-0.25, -0.2) is 4.68 Å². The molecule has 0 unspecified atom stereocenters. The van der Waals surface area contributed by atoms with Gasteiger partial charge in [0.05, 0.1) is 13.8 Å². The fourth-order valence-electron chi connectivity index (χ4n) is 3.07. The predicted molar refractivity (Wildman–Crippen MR) is 118 cm³/mol. The first-order chi connectivity index (χ1) is 14.2. The molecule has 0 N–H and O–H groups in total. The highest BCUT2D eigenvalue weighted by Gasteiger charge is 2.14. The second kappa shape index (κ2) is 9.95. The maximum absolute atomic E-state index is 5.70. The van der Waals surface area contributed by atoms with Crippen LogP contribution in [0.4, 0.5) is 0 Å². The number of aromatic nitrogens is 4. The highest BCUT2D eigenvalue weighted by atomic mass is 32.1. The van der Waals surface area contributed by atoms with E-state index in [9.17, 15) is 0 Å². The second-order valence-corrected chi connectivity index (χ2v) is 6.90. The lowest BCUT2D eigenvalue weighted by Crippen LogP contribution is -2.27. The quantitative estimate of drug-likeness (QED) is 0.370. The van der Waals surface area contributed by atoms with Gasteiger partial charge in [0.15, 0.2) is 10.6 Å². The first-order valence-electron chi connectivity index (χ1n) is 9.31. The monoisotopic (exact) mass is 407 g/mol. The Morgan fingerprint density at radius 1 is 1.17 bits per heavy atom. The van der Waals surface area contributed by atoms with Gasteiger partial charge in [0, 0.05) is 37.6 Å². The molecule has 0 aliphatic heterocycles. The third-order valence-corrected chi connectivity index (χ3v) is 4.87. The third kappa shape index (κ3) is 5.07. The summed E-state index contributed by atoms with van der Waals surface area (Å²) in [5, 5.41) is 4.78. The zero-order chi connectivity index (χ0) is 20.6. The van der Waals surface area contributed by atoms with Crippen LogP contribution in [0.2, 0.25) is 0 Å². The van der Waals surface area contributed by atoms with Crippen LogP contribution in [-0.2, 0) is 19.8 Å². The van der Waals surface area contributed by atoms with Crippen LogP contribution in [0, 0.1) is 4.77 Å². The summed E-state index contributed by atoms with van der Waals surface area (Å²) < 4.78 is 9.70. The van der Waals surface area contributed by atoms with Crippen molar-refractivity contribution in [1.29, 1.82) is 0 Å². The highest BCUT2D eigenvalue weighted by molar-refractivity contribution is 7.71. The number of rotatable bonds is 10. The van der Waals surface area contributed by atoms with Crippen LogP contribution in [-0.4, -0.2) is 37.9 Å². The molecule has 0 saturated heterocycles. The number of nitrogens with zero attached hydrogens (tertiary/aromatic N) is 5. The first kappa shape index (κ1) is 20.7. The van der Waals surface area contributed by atoms with Gasteiger partial charge in [-0.1, -0.05) is 24.3 Å². The molecule has 0 aliphatic rings. The molecule has 0 radical (unpaired) electrons. The Morgan fingerprint density at radius 2 is 1.97 bits per heavy atom. The van der Waals surface area contributed by atoms with Gasteiger partial charge in [0.2, 0.25) is 0 Å². The summed E-state index contributed by atoms with van der Waals surface area (Å²) in [6, 6.07) is 11.9. The Hall–Kier alpha value is -3.03. The molecule has 0 atom stereocenters. The topological polar surface area (TPSA) is 48.1 Å². The van der Waals surface area contributed by atoms with Crippen molar-refractivity contribution in [3.05, 3.63) is 84.4 Å². The van der Waals surface area contributed by atoms with Gasteiger partial charge in [0.25, 0.3) is 0 Å². The standard InChI is InChI=1S/C22H25N5OS/c1-4-13-25(16-18-8-10-20(28-3)11-9-18)17-27-22(29)26(14-5-2)21(24-27)19-7-6-12-23-15-19/h4-12,15H,1-2,13-14,16-17H2,3H3. The second-order valence-electron chi connectivity index (χ2n) is 6.54. The summed E-state index contributed by atoms with van der Waals surface area (Å²) >= 11 is 5.70. The van der Waals surface area contributed by atoms with Gasteiger partial charge < -0.3 is 4.74 Å². The SMILES string of the molecule is C=CCN(Cc1ccc(OC)cc1)Cn1nc(-c2cccnc2)n(CC=C)c1=S. The molecule has 0 amide bonds. The number of allylic oxidation sites excluding steroid dienone is 1. The van der Waals surface area contributed by atoms with Crippen LogP contribution < -0.4 is 4.74 Å². The van der Waals surface area contributed by atoms with E-state index >= 15 is 0 Å². The molecule has 0 saturated carbocycles. The van der Waals surface area contributed by atoms with Gasteiger partial charge in [-0.05, 0) is 42.0 Å². The van der Waals surface area contributed by atoms with E-state index in [1.165, 1.54) is 5.56 Å². The number of hydrogen-bond donors (Lipinski definition) is 0. The minimum Gasteiger partial charge on any atom is -0.497 e. The van der Waals surface area contributed by atoms with Crippen molar-refractivity contribution < 1.29 is 4.74 Å². The number of hydrogen-bond acceptors (Lipinski definition) is 5. The van der Waals surface area contributed by atoms with E-state index in [2.05, 4.69) is 35.2 Å². The molecule has 2 heterocycles. The Balaban J connectivity index is 1.88. The molecule has 150 valence electrons. The van der Waals surface area contributed by atoms with Crippen molar-refractivity contribution in [2.24, 2.45) is 0 Å². The van der Waals surface area contributed by atoms with Crippen molar-refractivity contribution in [2.45, 2.75) is 19.8 Å². The minimum absolute atomic E-state index is 0.550. The Bertz CT molecular complexity index is 1010. The van der Waals surface area contributed by atoms with Crippen LogP contribution in [0.1, 0.15) is 5.56 Å². The van der Waals surface area contributed by atoms with E-state index in [-0.39, 0.29) is 0 Å². The predicted octanol–water partition coefficient (Wildman–Crippen LogP) is 4.32. The summed E-state index contributed by atoms with van der Waals surface area (Å²) in [6.45, 7) is 10.3. The molecule has 1 aromatic carbocycles. The lowest BCUT2D eigenvalue weighted by Gasteiger charge is -2.20. The lowest BCUT2D eigenvalue weighted by atomic mass is 10.2. The van der Waals surface area contributed by atoms with E-state index in [1.54, 1.807) is 19.5 Å². The molecular formula is C22H25N5OS. The zero-order valence-corrected chi connectivity index (χ0v) is 17.4. The summed E-state index contributed by atoms with van der Waals surface area (Å²) in [5.74, 6) is 1.63. The number of methoxy groups -OCH3 is 1. The molecule has 0 aliphatic carbocycles. The molecule has 0 fully saturated rings. The van der Waals surface area contributed by atoms with Gasteiger partial charge in [0.1, 0.15) is 5.75 Å². The summed E-state index contributed by atoms with van der Waals surface area (Å²) in [4.78, 5) is 6.43. The van der Waals surface area contributed by atoms with Crippen molar-refractivity contribution in [1.82, 2.24) is 24.2 Å². The molecule has 6 nitrogen and oxygen atoms in total. The molecule has 7 heteroatoms. The molecular weight excluding hydrogens is 382 g/mol. The van der Waals surface area contributed by atoms with Crippen molar-refractivity contribution in [2.75, 3.05) is 13.7 Å². The Labute approximate surface area is 176 Å². The average molecular weight is 408 g/mol. The number of benzene rings is 1. The summed E-state index contributed by atoms with van der Waals surface area (Å²) in [7, 11) is 1.67. The summed E-state index contributed by atoms with van der Waals surface area (Å²) in [6.07, 6.45) is 7.24. The van der Waals surface area contributed by atoms with E-state index in [1.807, 2.05) is 45.7 Å². The van der Waals surface area contributed by atoms with Gasteiger partial charge in [-0.2, -0.15) is 5.10 Å². The molecule has 29 heavy (non-hydrogen) atoms. The molecule has 0 bridgehead atoms. The minimum atomic E-state index is 0.550. The van der Waals surface area contributed by atoms with E-state index in [4.69, 9.17) is 22.1 Å². The first-order valence-corrected chi connectivity index (χ1v) is 9.72. The Kier molecular flexibility index (Phi) is 7.10. The van der Waals surface area contributed by atoms with Crippen LogP contribution in [0.15, 0.2) is 74.1 Å². The van der Waals surface area contributed by atoms with E-state index in [0.717, 1.165) is 23.7 Å². The van der Waals surface area contributed by atoms with Crippen LogP contribution in [0.5, 0.6) is 5.75 Å². The number of pyridine rings is 1. The normalized spacial score (nSPS) is 10.8. The molecule has 3 aromatic rings. The van der Waals surface area contributed by atoms with Crippen LogP contribution in [0.3, 0.4) is 0 Å². The summed E-state index contributed by atoms with van der Waals surface area (Å²) in [5.41, 5.74) is 2.10. The van der Waals surface area contributed by atoms with Crippen LogP contribution in [0.25, 0.3) is 11.4 Å². The van der Waals surface area contributed by atoms with Gasteiger partial charge in [-0.3, -0.25) is 14.5 Å². The Morgan fingerprint density at radius 3 is 2.59 bits per heavy atom.